The maximum Gasteiger partial charge on any atom is 0.419 e. The number of carboxylic acid groups (broad SMARTS) is 1. The lowest BCUT2D eigenvalue weighted by molar-refractivity contribution is 0.0544. The van der Waals surface area contributed by atoms with Gasteiger partial charge in [-0.15, -0.1) is 0 Å². The predicted octanol–water partition coefficient (Wildman–Crippen LogP) is 7.78. The first kappa shape index (κ1) is 31.0. The van der Waals surface area contributed by atoms with Crippen molar-refractivity contribution < 1.29 is 23.9 Å². The van der Waals surface area contributed by atoms with Crippen molar-refractivity contribution in [3.8, 4) is 16.9 Å². The fourth-order valence-corrected chi connectivity index (χ4v) is 10.2. The van der Waals surface area contributed by atoms with Crippen LogP contribution >= 0.6 is 11.6 Å². The van der Waals surface area contributed by atoms with Gasteiger partial charge in [0.25, 0.3) is 0 Å². The highest BCUT2D eigenvalue weighted by Crippen LogP contribution is 2.43. The number of pyridine rings is 1. The van der Waals surface area contributed by atoms with E-state index in [9.17, 15) is 14.7 Å². The molecule has 2 aromatic heterocycles. The highest BCUT2D eigenvalue weighted by Gasteiger charge is 2.52. The summed E-state index contributed by atoms with van der Waals surface area (Å²) in [6, 6.07) is 27.6. The lowest BCUT2D eigenvalue weighted by atomic mass is 10.0. The van der Waals surface area contributed by atoms with E-state index in [0.717, 1.165) is 10.4 Å². The van der Waals surface area contributed by atoms with Crippen LogP contribution in [0.15, 0.2) is 97.3 Å². The third-order valence-corrected chi connectivity index (χ3v) is 12.6. The summed E-state index contributed by atoms with van der Waals surface area (Å²) in [6.45, 7) is 11.8. The van der Waals surface area contributed by atoms with Crippen LogP contribution < -0.4 is 14.8 Å². The number of halogens is 1. The van der Waals surface area contributed by atoms with Crippen LogP contribution in [0.3, 0.4) is 0 Å². The molecule has 0 atom stereocenters. The minimum atomic E-state index is -3.07. The van der Waals surface area contributed by atoms with Gasteiger partial charge < -0.3 is 14.3 Å². The third-order valence-electron chi connectivity index (χ3n) is 7.41. The molecular formula is C35H35ClN2O5Si. The number of carbonyl (C=O) groups is 2. The van der Waals surface area contributed by atoms with Crippen molar-refractivity contribution in [2.45, 2.75) is 52.2 Å². The monoisotopic (exact) mass is 626 g/mol. The zero-order chi connectivity index (χ0) is 31.9. The van der Waals surface area contributed by atoms with Crippen molar-refractivity contribution in [1.82, 2.24) is 9.55 Å². The molecule has 0 bridgehead atoms. The molecule has 0 aliphatic carbocycles. The summed E-state index contributed by atoms with van der Waals surface area (Å²) in [4.78, 5) is 30.1. The Kier molecular flexibility index (Phi) is 8.18. The summed E-state index contributed by atoms with van der Waals surface area (Å²) in [5.74, 6) is -0.665. The largest absolute Gasteiger partial charge is 0.534 e. The lowest BCUT2D eigenvalue weighted by Gasteiger charge is -2.43. The van der Waals surface area contributed by atoms with Crippen molar-refractivity contribution in [1.29, 1.82) is 0 Å². The van der Waals surface area contributed by atoms with E-state index in [2.05, 4.69) is 50.0 Å². The van der Waals surface area contributed by atoms with Gasteiger partial charge in [-0.25, -0.2) is 14.2 Å². The van der Waals surface area contributed by atoms with Crippen molar-refractivity contribution in [2.24, 2.45) is 0 Å². The standard InChI is InChI=1S/C35H35ClN2O5Si/c1-34(2,3)42-33(41)38-22-28(32(39)40)30-31(38)26(19-20-37-30)27-21-23(36)17-18-29(27)43-44(35(4,5)6,24-13-9-7-10-14-24)25-15-11-8-12-16-25/h7-22H,1-6H3,(H,39,40). The van der Waals surface area contributed by atoms with Gasteiger partial charge in [-0.3, -0.25) is 4.98 Å². The lowest BCUT2D eigenvalue weighted by Crippen LogP contribution is -2.68. The van der Waals surface area contributed by atoms with Gasteiger partial charge in [0.15, 0.2) is 0 Å². The van der Waals surface area contributed by atoms with E-state index < -0.39 is 26.0 Å². The predicted molar refractivity (Wildman–Crippen MR) is 177 cm³/mol. The average molecular weight is 627 g/mol. The fraction of sp³-hybridized carbons (Fsp3) is 0.229. The highest BCUT2D eigenvalue weighted by molar-refractivity contribution is 7.00. The Morgan fingerprint density at radius 1 is 0.841 bits per heavy atom. The molecule has 0 aliphatic rings. The molecule has 1 N–H and O–H groups in total. The van der Waals surface area contributed by atoms with Crippen LogP contribution in [0.1, 0.15) is 51.9 Å². The average Bonchev–Trinajstić information content (AvgIpc) is 3.37. The first-order chi connectivity index (χ1) is 20.7. The fourth-order valence-electron chi connectivity index (χ4n) is 5.59. The Morgan fingerprint density at radius 3 is 1.95 bits per heavy atom. The van der Waals surface area contributed by atoms with Crippen molar-refractivity contribution in [2.75, 3.05) is 0 Å². The van der Waals surface area contributed by atoms with Gasteiger partial charge in [0, 0.05) is 28.5 Å². The maximum absolute atomic E-state index is 13.4. The Morgan fingerprint density at radius 2 is 1.43 bits per heavy atom. The van der Waals surface area contributed by atoms with E-state index in [1.165, 1.54) is 17.0 Å². The minimum Gasteiger partial charge on any atom is -0.534 e. The maximum atomic E-state index is 13.4. The van der Waals surface area contributed by atoms with Crippen LogP contribution in [0.2, 0.25) is 10.1 Å². The molecule has 2 heterocycles. The van der Waals surface area contributed by atoms with Gasteiger partial charge in [-0.05, 0) is 60.4 Å². The normalized spacial score (nSPS) is 12.2. The molecule has 0 unspecified atom stereocenters. The van der Waals surface area contributed by atoms with Crippen LogP contribution in [-0.2, 0) is 4.74 Å². The molecule has 5 rings (SSSR count). The summed E-state index contributed by atoms with van der Waals surface area (Å²) in [7, 11) is -3.07. The van der Waals surface area contributed by atoms with E-state index >= 15 is 0 Å². The molecule has 226 valence electrons. The molecular weight excluding hydrogens is 592 g/mol. The smallest absolute Gasteiger partial charge is 0.419 e. The second-order valence-corrected chi connectivity index (χ2v) is 17.3. The number of aromatic carboxylic acids is 1. The number of nitrogens with zero attached hydrogens (tertiary/aromatic N) is 2. The summed E-state index contributed by atoms with van der Waals surface area (Å²) in [5.41, 5.74) is 0.629. The molecule has 9 heteroatoms. The minimum absolute atomic E-state index is 0.121. The van der Waals surface area contributed by atoms with Crippen LogP contribution in [0.25, 0.3) is 22.2 Å². The topological polar surface area (TPSA) is 90.7 Å². The second kappa shape index (κ2) is 11.6. The molecule has 0 saturated carbocycles. The molecule has 0 saturated heterocycles. The first-order valence-corrected chi connectivity index (χ1v) is 16.6. The number of rotatable bonds is 6. The molecule has 0 fully saturated rings. The number of hydrogen-bond donors (Lipinski definition) is 1. The SMILES string of the molecule is CC(C)(C)OC(=O)n1cc(C(=O)O)c2nccc(-c3cc(Cl)ccc3O[Si](c3ccccc3)(c3ccccc3)C(C)(C)C)c21. The van der Waals surface area contributed by atoms with Gasteiger partial charge in [0.1, 0.15) is 22.4 Å². The number of benzene rings is 3. The van der Waals surface area contributed by atoms with Gasteiger partial charge >= 0.3 is 20.4 Å². The molecule has 3 aromatic carbocycles. The summed E-state index contributed by atoms with van der Waals surface area (Å²) >= 11 is 6.61. The van der Waals surface area contributed by atoms with Crippen molar-refractivity contribution >= 4 is 53.4 Å². The molecule has 0 spiro atoms. The molecule has 0 amide bonds. The van der Waals surface area contributed by atoms with Gasteiger partial charge in [0.05, 0.1) is 5.52 Å². The molecule has 7 nitrogen and oxygen atoms in total. The number of aromatic nitrogens is 2. The number of carbonyl (C=O) groups excluding carboxylic acids is 1. The van der Waals surface area contributed by atoms with Crippen LogP contribution in [0, 0.1) is 0 Å². The summed E-state index contributed by atoms with van der Waals surface area (Å²) < 4.78 is 14.3. The number of fused-ring (bicyclic) bond motifs is 1. The van der Waals surface area contributed by atoms with Crippen LogP contribution in [0.5, 0.6) is 5.75 Å². The van der Waals surface area contributed by atoms with E-state index in [4.69, 9.17) is 20.8 Å². The van der Waals surface area contributed by atoms with Crippen LogP contribution in [-0.4, -0.2) is 40.6 Å². The van der Waals surface area contributed by atoms with Crippen LogP contribution in [0.4, 0.5) is 4.79 Å². The van der Waals surface area contributed by atoms with Gasteiger partial charge in [0.2, 0.25) is 0 Å². The second-order valence-electron chi connectivity index (χ2n) is 12.7. The molecule has 5 aromatic rings. The Labute approximate surface area is 263 Å². The van der Waals surface area contributed by atoms with Crippen molar-refractivity contribution in [3.05, 3.63) is 108 Å². The highest BCUT2D eigenvalue weighted by atomic mass is 35.5. The summed E-state index contributed by atoms with van der Waals surface area (Å²) in [6.07, 6.45) is 2.06. The van der Waals surface area contributed by atoms with E-state index in [0.29, 0.717) is 21.9 Å². The van der Waals surface area contributed by atoms with Gasteiger partial charge in [-0.1, -0.05) is 93.0 Å². The Bertz CT molecular complexity index is 1800. The quantitative estimate of drug-likeness (QED) is 0.194. The third kappa shape index (κ3) is 5.75. The Hall–Kier alpha value is -4.40. The van der Waals surface area contributed by atoms with Gasteiger partial charge in [-0.2, -0.15) is 0 Å². The summed E-state index contributed by atoms with van der Waals surface area (Å²) in [5, 5.41) is 12.3. The molecule has 0 radical (unpaired) electrons. The van der Waals surface area contributed by atoms with Crippen molar-refractivity contribution in [3.63, 3.8) is 0 Å². The zero-order valence-electron chi connectivity index (χ0n) is 25.6. The molecule has 44 heavy (non-hydrogen) atoms. The zero-order valence-corrected chi connectivity index (χ0v) is 27.3. The number of ether oxygens (including phenoxy) is 1. The first-order valence-electron chi connectivity index (χ1n) is 14.3. The Balaban J connectivity index is 1.81. The number of hydrogen-bond acceptors (Lipinski definition) is 5. The van der Waals surface area contributed by atoms with E-state index in [1.54, 1.807) is 39.0 Å². The van der Waals surface area contributed by atoms with E-state index in [-0.39, 0.29) is 21.6 Å². The number of carboxylic acids is 1. The molecule has 0 aliphatic heterocycles. The van der Waals surface area contributed by atoms with E-state index in [1.807, 2.05) is 42.5 Å².